The molecule has 1 saturated heterocycles. The number of nitrogens with one attached hydrogen (secondary N) is 1. The van der Waals surface area contributed by atoms with E-state index >= 15 is 0 Å². The number of fused-ring (bicyclic) bond motifs is 1. The molecule has 2 aromatic carbocycles. The van der Waals surface area contributed by atoms with Gasteiger partial charge in [-0.05, 0) is 36.1 Å². The van der Waals surface area contributed by atoms with Crippen molar-refractivity contribution in [3.63, 3.8) is 0 Å². The SMILES string of the molecule is COc1ccc2ccccc2c1CNCC1CCCCO1. The summed E-state index contributed by atoms with van der Waals surface area (Å²) >= 11 is 0. The summed E-state index contributed by atoms with van der Waals surface area (Å²) in [5.74, 6) is 0.950. The molecular formula is C18H23NO2. The highest BCUT2D eigenvalue weighted by molar-refractivity contribution is 5.87. The molecule has 0 saturated carbocycles. The molecule has 3 nitrogen and oxygen atoms in total. The lowest BCUT2D eigenvalue weighted by molar-refractivity contribution is 0.0168. The van der Waals surface area contributed by atoms with Crippen molar-refractivity contribution in [2.45, 2.75) is 31.9 Å². The van der Waals surface area contributed by atoms with Gasteiger partial charge in [0.1, 0.15) is 5.75 Å². The zero-order chi connectivity index (χ0) is 14.5. The second kappa shape index (κ2) is 6.92. The fourth-order valence-corrected chi connectivity index (χ4v) is 3.02. The van der Waals surface area contributed by atoms with Crippen molar-refractivity contribution in [3.05, 3.63) is 42.0 Å². The van der Waals surface area contributed by atoms with Crippen LogP contribution in [-0.2, 0) is 11.3 Å². The summed E-state index contributed by atoms with van der Waals surface area (Å²) in [5.41, 5.74) is 1.23. The topological polar surface area (TPSA) is 30.5 Å². The standard InChI is InChI=1S/C18H23NO2/c1-20-18-10-9-14-6-2-3-8-16(14)17(18)13-19-12-15-7-4-5-11-21-15/h2-3,6,8-10,15,19H,4-5,7,11-13H2,1H3. The minimum absolute atomic E-state index is 0.361. The maximum absolute atomic E-state index is 5.77. The van der Waals surface area contributed by atoms with E-state index in [9.17, 15) is 0 Å². The van der Waals surface area contributed by atoms with E-state index in [1.54, 1.807) is 7.11 Å². The Labute approximate surface area is 126 Å². The van der Waals surface area contributed by atoms with E-state index in [4.69, 9.17) is 9.47 Å². The zero-order valence-electron chi connectivity index (χ0n) is 12.6. The highest BCUT2D eigenvalue weighted by Gasteiger charge is 2.14. The molecule has 0 aromatic heterocycles. The summed E-state index contributed by atoms with van der Waals surface area (Å²) in [4.78, 5) is 0. The smallest absolute Gasteiger partial charge is 0.123 e. The molecule has 0 bridgehead atoms. The summed E-state index contributed by atoms with van der Waals surface area (Å²) in [6, 6.07) is 12.6. The molecule has 1 aliphatic heterocycles. The summed E-state index contributed by atoms with van der Waals surface area (Å²) in [6.45, 7) is 2.63. The van der Waals surface area contributed by atoms with Gasteiger partial charge in [0.2, 0.25) is 0 Å². The van der Waals surface area contributed by atoms with Crippen LogP contribution in [0.25, 0.3) is 10.8 Å². The van der Waals surface area contributed by atoms with Crippen molar-refractivity contribution in [3.8, 4) is 5.75 Å². The van der Waals surface area contributed by atoms with E-state index in [1.807, 2.05) is 0 Å². The van der Waals surface area contributed by atoms with Crippen LogP contribution >= 0.6 is 0 Å². The van der Waals surface area contributed by atoms with Gasteiger partial charge in [0, 0.05) is 25.3 Å². The van der Waals surface area contributed by atoms with Crippen LogP contribution in [0.5, 0.6) is 5.75 Å². The van der Waals surface area contributed by atoms with Gasteiger partial charge < -0.3 is 14.8 Å². The summed E-state index contributed by atoms with van der Waals surface area (Å²) in [6.07, 6.45) is 4.01. The van der Waals surface area contributed by atoms with Gasteiger partial charge in [0.05, 0.1) is 13.2 Å². The fourth-order valence-electron chi connectivity index (χ4n) is 3.02. The van der Waals surface area contributed by atoms with Crippen molar-refractivity contribution in [2.24, 2.45) is 0 Å². The average molecular weight is 285 g/mol. The molecule has 1 aliphatic rings. The van der Waals surface area contributed by atoms with Crippen LogP contribution < -0.4 is 10.1 Å². The minimum Gasteiger partial charge on any atom is -0.496 e. The molecule has 2 aromatic rings. The average Bonchev–Trinajstić information content (AvgIpc) is 2.56. The number of hydrogen-bond donors (Lipinski definition) is 1. The Morgan fingerprint density at radius 3 is 2.90 bits per heavy atom. The van der Waals surface area contributed by atoms with Crippen LogP contribution in [0.2, 0.25) is 0 Å². The number of methoxy groups -OCH3 is 1. The van der Waals surface area contributed by atoms with Gasteiger partial charge in [-0.25, -0.2) is 0 Å². The van der Waals surface area contributed by atoms with Crippen LogP contribution in [-0.4, -0.2) is 26.4 Å². The molecule has 1 heterocycles. The Morgan fingerprint density at radius 2 is 2.10 bits per heavy atom. The summed E-state index contributed by atoms with van der Waals surface area (Å²) in [5, 5.41) is 6.05. The van der Waals surface area contributed by atoms with E-state index in [1.165, 1.54) is 35.6 Å². The van der Waals surface area contributed by atoms with E-state index in [2.05, 4.69) is 41.7 Å². The van der Waals surface area contributed by atoms with Gasteiger partial charge in [0.25, 0.3) is 0 Å². The van der Waals surface area contributed by atoms with Crippen molar-refractivity contribution in [2.75, 3.05) is 20.3 Å². The van der Waals surface area contributed by atoms with Gasteiger partial charge in [-0.15, -0.1) is 0 Å². The maximum Gasteiger partial charge on any atom is 0.123 e. The molecular weight excluding hydrogens is 262 g/mol. The Balaban J connectivity index is 1.72. The van der Waals surface area contributed by atoms with E-state index < -0.39 is 0 Å². The van der Waals surface area contributed by atoms with Crippen molar-refractivity contribution in [1.82, 2.24) is 5.32 Å². The molecule has 3 rings (SSSR count). The predicted octanol–water partition coefficient (Wildman–Crippen LogP) is 3.51. The van der Waals surface area contributed by atoms with E-state index in [-0.39, 0.29) is 0 Å². The largest absolute Gasteiger partial charge is 0.496 e. The molecule has 112 valence electrons. The highest BCUT2D eigenvalue weighted by atomic mass is 16.5. The van der Waals surface area contributed by atoms with Gasteiger partial charge in [0.15, 0.2) is 0 Å². The van der Waals surface area contributed by atoms with Crippen LogP contribution in [0.15, 0.2) is 36.4 Å². The number of rotatable bonds is 5. The molecule has 21 heavy (non-hydrogen) atoms. The lowest BCUT2D eigenvalue weighted by Gasteiger charge is -2.23. The lowest BCUT2D eigenvalue weighted by atomic mass is 10.0. The molecule has 3 heteroatoms. The summed E-state index contributed by atoms with van der Waals surface area (Å²) in [7, 11) is 1.73. The second-order valence-electron chi connectivity index (χ2n) is 5.59. The predicted molar refractivity (Wildman–Crippen MR) is 85.8 cm³/mol. The third-order valence-electron chi connectivity index (χ3n) is 4.17. The highest BCUT2D eigenvalue weighted by Crippen LogP contribution is 2.27. The fraction of sp³-hybridized carbons (Fsp3) is 0.444. The van der Waals surface area contributed by atoms with E-state index in [0.717, 1.165) is 25.4 Å². The Morgan fingerprint density at radius 1 is 1.19 bits per heavy atom. The van der Waals surface area contributed by atoms with Gasteiger partial charge in [-0.1, -0.05) is 30.3 Å². The first-order chi connectivity index (χ1) is 10.4. The molecule has 0 amide bonds. The molecule has 0 radical (unpaired) electrons. The number of hydrogen-bond acceptors (Lipinski definition) is 3. The van der Waals surface area contributed by atoms with Crippen LogP contribution in [0, 0.1) is 0 Å². The Hall–Kier alpha value is -1.58. The van der Waals surface area contributed by atoms with Crippen molar-refractivity contribution in [1.29, 1.82) is 0 Å². The maximum atomic E-state index is 5.77. The Bertz CT molecular complexity index is 591. The first kappa shape index (κ1) is 14.4. The van der Waals surface area contributed by atoms with Gasteiger partial charge >= 0.3 is 0 Å². The first-order valence-corrected chi connectivity index (χ1v) is 7.75. The minimum atomic E-state index is 0.361. The molecule has 1 fully saturated rings. The molecule has 1 atom stereocenters. The molecule has 1 N–H and O–H groups in total. The lowest BCUT2D eigenvalue weighted by Crippen LogP contribution is -2.31. The zero-order valence-corrected chi connectivity index (χ0v) is 12.6. The third kappa shape index (κ3) is 3.36. The monoisotopic (exact) mass is 285 g/mol. The van der Waals surface area contributed by atoms with Gasteiger partial charge in [-0.3, -0.25) is 0 Å². The quantitative estimate of drug-likeness (QED) is 0.912. The van der Waals surface area contributed by atoms with Crippen molar-refractivity contribution < 1.29 is 9.47 Å². The molecule has 1 unspecified atom stereocenters. The molecule has 0 spiro atoms. The van der Waals surface area contributed by atoms with Gasteiger partial charge in [-0.2, -0.15) is 0 Å². The number of ether oxygens (including phenoxy) is 2. The Kier molecular flexibility index (Phi) is 4.73. The summed E-state index contributed by atoms with van der Waals surface area (Å²) < 4.78 is 11.3. The van der Waals surface area contributed by atoms with Crippen molar-refractivity contribution >= 4 is 10.8 Å². The third-order valence-corrected chi connectivity index (χ3v) is 4.17. The molecule has 0 aliphatic carbocycles. The normalized spacial score (nSPS) is 18.8. The van der Waals surface area contributed by atoms with E-state index in [0.29, 0.717) is 6.10 Å². The second-order valence-corrected chi connectivity index (χ2v) is 5.59. The first-order valence-electron chi connectivity index (χ1n) is 7.75. The number of benzene rings is 2. The van der Waals surface area contributed by atoms with Crippen LogP contribution in [0.1, 0.15) is 24.8 Å². The van der Waals surface area contributed by atoms with Crippen LogP contribution in [0.3, 0.4) is 0 Å². The van der Waals surface area contributed by atoms with Crippen LogP contribution in [0.4, 0.5) is 0 Å².